The lowest BCUT2D eigenvalue weighted by molar-refractivity contribution is -0.132. The molecular formula is C8H4N2O2. The van der Waals surface area contributed by atoms with Gasteiger partial charge >= 0.3 is 5.91 Å². The van der Waals surface area contributed by atoms with Crippen molar-refractivity contribution in [3.8, 4) is 0 Å². The van der Waals surface area contributed by atoms with Gasteiger partial charge in [0.15, 0.2) is 5.49 Å². The number of hydrogen-bond acceptors (Lipinski definition) is 3. The third-order valence-corrected chi connectivity index (χ3v) is 1.52. The van der Waals surface area contributed by atoms with Crippen molar-refractivity contribution < 1.29 is 9.59 Å². The molecule has 0 radical (unpaired) electrons. The van der Waals surface area contributed by atoms with E-state index in [1.807, 2.05) is 0 Å². The lowest BCUT2D eigenvalue weighted by Gasteiger charge is -1.94. The van der Waals surface area contributed by atoms with Gasteiger partial charge in [-0.3, -0.25) is 9.59 Å². The van der Waals surface area contributed by atoms with Crippen molar-refractivity contribution in [1.82, 2.24) is 4.98 Å². The number of amides is 1. The Morgan fingerprint density at radius 2 is 2.08 bits per heavy atom. The fourth-order valence-electron chi connectivity index (χ4n) is 0.970. The Kier molecular flexibility index (Phi) is 1.33. The van der Waals surface area contributed by atoms with Crippen LogP contribution in [0, 0.1) is 0 Å². The highest BCUT2D eigenvalue weighted by Gasteiger charge is 2.12. The highest BCUT2D eigenvalue weighted by Crippen LogP contribution is 1.83. The van der Waals surface area contributed by atoms with Crippen molar-refractivity contribution in [3.05, 3.63) is 29.0 Å². The summed E-state index contributed by atoms with van der Waals surface area (Å²) in [5.74, 6) is -1.34. The van der Waals surface area contributed by atoms with Crippen LogP contribution >= 0.6 is 0 Å². The van der Waals surface area contributed by atoms with Crippen LogP contribution in [0.4, 0.5) is 0 Å². The molecule has 0 saturated heterocycles. The fraction of sp³-hybridized carbons (Fsp3) is 0. The predicted molar refractivity (Wildman–Crippen MR) is 39.5 cm³/mol. The number of pyridine rings is 1. The summed E-state index contributed by atoms with van der Waals surface area (Å²) < 4.78 is 0. The van der Waals surface area contributed by atoms with Gasteiger partial charge in [0.25, 0.3) is 0 Å². The lowest BCUT2D eigenvalue weighted by Crippen LogP contribution is -2.35. The second-order valence-corrected chi connectivity index (χ2v) is 2.34. The van der Waals surface area contributed by atoms with Gasteiger partial charge in [-0.25, -0.2) is 4.98 Å². The van der Waals surface area contributed by atoms with E-state index in [1.54, 1.807) is 12.1 Å². The summed E-state index contributed by atoms with van der Waals surface area (Å²) >= 11 is 0. The zero-order chi connectivity index (χ0) is 8.55. The molecule has 4 nitrogen and oxygen atoms in total. The van der Waals surface area contributed by atoms with Gasteiger partial charge in [0.2, 0.25) is 5.78 Å². The molecule has 58 valence electrons. The molecule has 1 aliphatic rings. The van der Waals surface area contributed by atoms with Crippen LogP contribution in [0.25, 0.3) is 6.08 Å². The van der Waals surface area contributed by atoms with Crippen LogP contribution in [0.3, 0.4) is 0 Å². The van der Waals surface area contributed by atoms with Crippen LogP contribution in [0.2, 0.25) is 0 Å². The number of nitrogens with zero attached hydrogens (tertiary/aromatic N) is 2. The summed E-state index contributed by atoms with van der Waals surface area (Å²) in [6.45, 7) is 0. The number of rotatable bonds is 0. The van der Waals surface area contributed by atoms with E-state index in [0.29, 0.717) is 10.7 Å². The highest BCUT2D eigenvalue weighted by molar-refractivity contribution is 6.48. The Labute approximate surface area is 67.3 Å². The maximum Gasteiger partial charge on any atom is 0.319 e. The molecule has 1 aromatic rings. The molecule has 12 heavy (non-hydrogen) atoms. The van der Waals surface area contributed by atoms with Crippen molar-refractivity contribution in [1.29, 1.82) is 0 Å². The van der Waals surface area contributed by atoms with Crippen molar-refractivity contribution in [2.24, 2.45) is 4.99 Å². The Hall–Kier alpha value is -1.84. The molecule has 2 heterocycles. The molecule has 0 aromatic carbocycles. The van der Waals surface area contributed by atoms with Crippen LogP contribution in [0.1, 0.15) is 0 Å². The van der Waals surface area contributed by atoms with E-state index in [9.17, 15) is 9.59 Å². The van der Waals surface area contributed by atoms with Gasteiger partial charge in [0, 0.05) is 17.5 Å². The first-order valence-electron chi connectivity index (χ1n) is 3.37. The zero-order valence-electron chi connectivity index (χ0n) is 6.02. The molecule has 0 saturated carbocycles. The SMILES string of the molecule is O=C1C=c2cccnc2=NC1=O. The van der Waals surface area contributed by atoms with Crippen LogP contribution in [-0.2, 0) is 9.59 Å². The quantitative estimate of drug-likeness (QED) is 0.438. The van der Waals surface area contributed by atoms with E-state index < -0.39 is 11.7 Å². The third-order valence-electron chi connectivity index (χ3n) is 1.52. The summed E-state index contributed by atoms with van der Waals surface area (Å²) in [7, 11) is 0. The molecule has 4 heteroatoms. The Morgan fingerprint density at radius 1 is 1.25 bits per heavy atom. The average molecular weight is 160 g/mol. The Bertz CT molecular complexity index is 431. The normalized spacial score (nSPS) is 14.7. The van der Waals surface area contributed by atoms with Gasteiger partial charge < -0.3 is 0 Å². The number of aromatic nitrogens is 1. The minimum absolute atomic E-state index is 0.321. The number of carbonyl (C=O) groups excluding carboxylic acids is 2. The minimum atomic E-state index is -0.749. The number of fused-ring (bicyclic) bond motifs is 1. The van der Waals surface area contributed by atoms with Crippen molar-refractivity contribution >= 4 is 17.8 Å². The molecule has 1 amide bonds. The number of hydrogen-bond donors (Lipinski definition) is 0. The van der Waals surface area contributed by atoms with Crippen molar-refractivity contribution in [3.63, 3.8) is 0 Å². The predicted octanol–water partition coefficient (Wildman–Crippen LogP) is -1.41. The maximum absolute atomic E-state index is 10.8. The van der Waals surface area contributed by atoms with Gasteiger partial charge in [0.05, 0.1) is 0 Å². The molecule has 0 atom stereocenters. The standard InChI is InChI=1S/C8H4N2O2/c11-6-4-5-2-1-3-9-7(5)10-8(6)12/h1-4H. The summed E-state index contributed by atoms with van der Waals surface area (Å²) in [4.78, 5) is 28.9. The maximum atomic E-state index is 10.8. The van der Waals surface area contributed by atoms with Crippen LogP contribution < -0.4 is 10.7 Å². The van der Waals surface area contributed by atoms with E-state index in [4.69, 9.17) is 0 Å². The first kappa shape index (κ1) is 6.84. The summed E-state index contributed by atoms with van der Waals surface area (Å²) in [5.41, 5.74) is 0.321. The van der Waals surface area contributed by atoms with Gasteiger partial charge in [-0.2, -0.15) is 4.99 Å². The third kappa shape index (κ3) is 0.934. The summed E-state index contributed by atoms with van der Waals surface area (Å²) in [5, 5.41) is 0.599. The van der Waals surface area contributed by atoms with Crippen LogP contribution in [-0.4, -0.2) is 16.7 Å². The van der Waals surface area contributed by atoms with Gasteiger partial charge in [-0.15, -0.1) is 0 Å². The van der Waals surface area contributed by atoms with Gasteiger partial charge in [-0.1, -0.05) is 0 Å². The topological polar surface area (TPSA) is 59.4 Å². The fourth-order valence-corrected chi connectivity index (χ4v) is 0.970. The van der Waals surface area contributed by atoms with Crippen molar-refractivity contribution in [2.45, 2.75) is 0 Å². The molecule has 2 rings (SSSR count). The minimum Gasteiger partial charge on any atom is -0.284 e. The average Bonchev–Trinajstić information content (AvgIpc) is 2.07. The number of Topliss-reactive ketones (excluding diaryl/α,β-unsaturated/α-hetero) is 1. The molecule has 0 fully saturated rings. The number of ketones is 1. The van der Waals surface area contributed by atoms with E-state index in [-0.39, 0.29) is 0 Å². The lowest BCUT2D eigenvalue weighted by atomic mass is 10.2. The second kappa shape index (κ2) is 2.34. The molecule has 0 aliphatic carbocycles. The smallest absolute Gasteiger partial charge is 0.284 e. The van der Waals surface area contributed by atoms with Crippen LogP contribution in [0.5, 0.6) is 0 Å². The molecule has 0 N–H and O–H groups in total. The second-order valence-electron chi connectivity index (χ2n) is 2.34. The van der Waals surface area contributed by atoms with Gasteiger partial charge in [-0.05, 0) is 12.1 Å². The first-order valence-corrected chi connectivity index (χ1v) is 3.37. The molecule has 1 aliphatic heterocycles. The molecular weight excluding hydrogens is 156 g/mol. The Morgan fingerprint density at radius 3 is 2.92 bits per heavy atom. The van der Waals surface area contributed by atoms with E-state index >= 15 is 0 Å². The van der Waals surface area contributed by atoms with E-state index in [0.717, 1.165) is 0 Å². The summed E-state index contributed by atoms with van der Waals surface area (Å²) in [6.07, 6.45) is 2.77. The monoisotopic (exact) mass is 160 g/mol. The van der Waals surface area contributed by atoms with E-state index in [2.05, 4.69) is 9.98 Å². The highest BCUT2D eigenvalue weighted by atomic mass is 16.2. The van der Waals surface area contributed by atoms with Gasteiger partial charge in [0.1, 0.15) is 0 Å². The zero-order valence-corrected chi connectivity index (χ0v) is 6.02. The number of carbonyl (C=O) groups is 2. The van der Waals surface area contributed by atoms with Crippen LogP contribution in [0.15, 0.2) is 23.3 Å². The molecule has 1 aromatic heterocycles. The molecule has 0 bridgehead atoms. The first-order chi connectivity index (χ1) is 5.77. The summed E-state index contributed by atoms with van der Waals surface area (Å²) in [6, 6.07) is 3.38. The Balaban J connectivity index is 2.87. The largest absolute Gasteiger partial charge is 0.319 e. The van der Waals surface area contributed by atoms with Crippen molar-refractivity contribution in [2.75, 3.05) is 0 Å². The molecule has 0 unspecified atom stereocenters. The molecule has 0 spiro atoms. The van der Waals surface area contributed by atoms with E-state index in [1.165, 1.54) is 12.3 Å².